The van der Waals surface area contributed by atoms with Crippen molar-refractivity contribution in [2.75, 3.05) is 12.3 Å². The lowest BCUT2D eigenvalue weighted by Crippen LogP contribution is -2.32. The molecule has 0 aliphatic carbocycles. The molecule has 2 rings (SSSR count). The highest BCUT2D eigenvalue weighted by Gasteiger charge is 2.14. The molecule has 3 nitrogen and oxygen atoms in total. The minimum absolute atomic E-state index is 0.443. The van der Waals surface area contributed by atoms with Gasteiger partial charge in [-0.2, -0.15) is 0 Å². The Bertz CT molecular complexity index is 551. The van der Waals surface area contributed by atoms with Gasteiger partial charge in [0.05, 0.1) is 6.10 Å². The number of hydrogen-bond donors (Lipinski definition) is 2. The first-order valence-electron chi connectivity index (χ1n) is 7.87. The van der Waals surface area contributed by atoms with E-state index in [1.54, 1.807) is 0 Å². The highest BCUT2D eigenvalue weighted by atomic mass is 16.3. The summed E-state index contributed by atoms with van der Waals surface area (Å²) in [6, 6.07) is 18.4. The first-order chi connectivity index (χ1) is 10.6. The van der Waals surface area contributed by atoms with Crippen molar-refractivity contribution in [1.82, 2.24) is 4.90 Å². The molecular weight excluding hydrogens is 272 g/mol. The van der Waals surface area contributed by atoms with Crippen molar-refractivity contribution in [2.24, 2.45) is 0 Å². The van der Waals surface area contributed by atoms with Crippen molar-refractivity contribution in [1.29, 1.82) is 0 Å². The molecule has 0 saturated carbocycles. The number of rotatable bonds is 7. The monoisotopic (exact) mass is 298 g/mol. The Hall–Kier alpha value is -1.84. The van der Waals surface area contributed by atoms with Gasteiger partial charge in [-0.1, -0.05) is 42.5 Å². The van der Waals surface area contributed by atoms with Crippen molar-refractivity contribution in [3.63, 3.8) is 0 Å². The number of nitrogen functional groups attached to an aromatic ring is 1. The quantitative estimate of drug-likeness (QED) is 0.768. The third-order valence-corrected chi connectivity index (χ3v) is 3.97. The van der Waals surface area contributed by atoms with E-state index in [4.69, 9.17) is 5.73 Å². The largest absolute Gasteiger partial charge is 0.399 e. The minimum atomic E-state index is -0.447. The fraction of sp³-hybridized carbons (Fsp3) is 0.368. The molecule has 3 N–H and O–H groups in total. The molecule has 118 valence electrons. The molecule has 2 aromatic carbocycles. The van der Waals surface area contributed by atoms with Crippen LogP contribution in [0.25, 0.3) is 0 Å². The van der Waals surface area contributed by atoms with Crippen molar-refractivity contribution >= 4 is 5.69 Å². The van der Waals surface area contributed by atoms with Crippen molar-refractivity contribution in [2.45, 2.75) is 39.0 Å². The lowest BCUT2D eigenvalue weighted by molar-refractivity contribution is 0.127. The topological polar surface area (TPSA) is 49.5 Å². The first kappa shape index (κ1) is 16.5. The first-order valence-corrected chi connectivity index (χ1v) is 7.87. The number of benzene rings is 2. The lowest BCUT2D eigenvalue weighted by Gasteiger charge is -2.27. The number of hydrogen-bond acceptors (Lipinski definition) is 3. The van der Waals surface area contributed by atoms with Gasteiger partial charge in [0.1, 0.15) is 0 Å². The third-order valence-electron chi connectivity index (χ3n) is 3.97. The van der Waals surface area contributed by atoms with E-state index in [1.165, 1.54) is 5.56 Å². The van der Waals surface area contributed by atoms with Gasteiger partial charge < -0.3 is 10.8 Å². The molecule has 0 amide bonds. The van der Waals surface area contributed by atoms with E-state index in [0.717, 1.165) is 30.8 Å². The van der Waals surface area contributed by atoms with Crippen LogP contribution in [0.2, 0.25) is 0 Å². The van der Waals surface area contributed by atoms with E-state index in [9.17, 15) is 5.11 Å². The van der Waals surface area contributed by atoms with E-state index >= 15 is 0 Å². The Morgan fingerprint density at radius 2 is 1.64 bits per heavy atom. The predicted octanol–water partition coefficient (Wildman–Crippen LogP) is 3.60. The summed E-state index contributed by atoms with van der Waals surface area (Å²) in [7, 11) is 0. The Morgan fingerprint density at radius 3 is 2.23 bits per heavy atom. The molecule has 0 heterocycles. The Balaban J connectivity index is 1.92. The van der Waals surface area contributed by atoms with Crippen LogP contribution in [0.3, 0.4) is 0 Å². The van der Waals surface area contributed by atoms with Crippen LogP contribution >= 0.6 is 0 Å². The second-order valence-corrected chi connectivity index (χ2v) is 6.02. The maximum absolute atomic E-state index is 10.3. The summed E-state index contributed by atoms with van der Waals surface area (Å²) in [5.41, 5.74) is 8.64. The fourth-order valence-corrected chi connectivity index (χ4v) is 2.51. The molecule has 0 fully saturated rings. The van der Waals surface area contributed by atoms with Crippen LogP contribution in [-0.2, 0) is 6.54 Å². The van der Waals surface area contributed by atoms with Crippen LogP contribution in [0.5, 0.6) is 0 Å². The SMILES string of the molecule is CC(C)N(CCC(O)c1ccc(N)cc1)Cc1ccccc1. The van der Waals surface area contributed by atoms with E-state index in [1.807, 2.05) is 30.3 Å². The number of nitrogens with two attached hydrogens (primary N) is 1. The Labute approximate surface area is 133 Å². The Kier molecular flexibility index (Phi) is 5.99. The number of aliphatic hydroxyl groups is 1. The molecule has 1 unspecified atom stereocenters. The molecule has 0 bridgehead atoms. The maximum Gasteiger partial charge on any atom is 0.0802 e. The zero-order chi connectivity index (χ0) is 15.9. The fourth-order valence-electron chi connectivity index (χ4n) is 2.51. The molecule has 22 heavy (non-hydrogen) atoms. The molecule has 1 atom stereocenters. The van der Waals surface area contributed by atoms with Gasteiger partial charge in [-0.15, -0.1) is 0 Å². The molecule has 0 aliphatic heterocycles. The average molecular weight is 298 g/mol. The summed E-state index contributed by atoms with van der Waals surface area (Å²) < 4.78 is 0. The molecule has 0 spiro atoms. The van der Waals surface area contributed by atoms with E-state index in [-0.39, 0.29) is 0 Å². The second-order valence-electron chi connectivity index (χ2n) is 6.02. The van der Waals surface area contributed by atoms with Crippen LogP contribution in [0.1, 0.15) is 37.5 Å². The van der Waals surface area contributed by atoms with Crippen LogP contribution in [0, 0.1) is 0 Å². The van der Waals surface area contributed by atoms with Gasteiger partial charge in [0.15, 0.2) is 0 Å². The van der Waals surface area contributed by atoms with Crippen LogP contribution < -0.4 is 5.73 Å². The molecule has 0 saturated heterocycles. The van der Waals surface area contributed by atoms with Gasteiger partial charge >= 0.3 is 0 Å². The van der Waals surface area contributed by atoms with Gasteiger partial charge in [-0.25, -0.2) is 0 Å². The summed E-state index contributed by atoms with van der Waals surface area (Å²) in [6.45, 7) is 6.15. The van der Waals surface area contributed by atoms with Crippen molar-refractivity contribution < 1.29 is 5.11 Å². The summed E-state index contributed by atoms with van der Waals surface area (Å²) in [5.74, 6) is 0. The summed E-state index contributed by atoms with van der Waals surface area (Å²) in [4.78, 5) is 2.38. The summed E-state index contributed by atoms with van der Waals surface area (Å²) in [5, 5.41) is 10.3. The zero-order valence-electron chi connectivity index (χ0n) is 13.4. The number of anilines is 1. The molecule has 0 radical (unpaired) electrons. The Morgan fingerprint density at radius 1 is 1.00 bits per heavy atom. The minimum Gasteiger partial charge on any atom is -0.399 e. The lowest BCUT2D eigenvalue weighted by atomic mass is 10.1. The molecule has 2 aromatic rings. The second kappa shape index (κ2) is 7.97. The van der Waals surface area contributed by atoms with E-state index < -0.39 is 6.10 Å². The van der Waals surface area contributed by atoms with Gasteiger partial charge in [0, 0.05) is 24.8 Å². The summed E-state index contributed by atoms with van der Waals surface area (Å²) >= 11 is 0. The predicted molar refractivity (Wildman–Crippen MR) is 92.4 cm³/mol. The van der Waals surface area contributed by atoms with Gasteiger partial charge in [-0.05, 0) is 43.5 Å². The zero-order valence-corrected chi connectivity index (χ0v) is 13.4. The van der Waals surface area contributed by atoms with E-state index in [2.05, 4.69) is 43.0 Å². The van der Waals surface area contributed by atoms with Gasteiger partial charge in [0.2, 0.25) is 0 Å². The normalized spacial score (nSPS) is 12.8. The van der Waals surface area contributed by atoms with E-state index in [0.29, 0.717) is 6.04 Å². The highest BCUT2D eigenvalue weighted by molar-refractivity contribution is 5.39. The van der Waals surface area contributed by atoms with Gasteiger partial charge in [-0.3, -0.25) is 4.90 Å². The van der Waals surface area contributed by atoms with Gasteiger partial charge in [0.25, 0.3) is 0 Å². The third kappa shape index (κ3) is 4.86. The maximum atomic E-state index is 10.3. The standard InChI is InChI=1S/C19H26N2O/c1-15(2)21(14-16-6-4-3-5-7-16)13-12-19(22)17-8-10-18(20)11-9-17/h3-11,15,19,22H,12-14,20H2,1-2H3. The van der Waals surface area contributed by atoms with Crippen LogP contribution in [0.4, 0.5) is 5.69 Å². The van der Waals surface area contributed by atoms with Crippen LogP contribution in [0.15, 0.2) is 54.6 Å². The van der Waals surface area contributed by atoms with Crippen molar-refractivity contribution in [3.05, 3.63) is 65.7 Å². The van der Waals surface area contributed by atoms with Crippen molar-refractivity contribution in [3.8, 4) is 0 Å². The molecule has 0 aromatic heterocycles. The molecule has 3 heteroatoms. The smallest absolute Gasteiger partial charge is 0.0802 e. The highest BCUT2D eigenvalue weighted by Crippen LogP contribution is 2.19. The molecular formula is C19H26N2O. The summed E-state index contributed by atoms with van der Waals surface area (Å²) in [6.07, 6.45) is 0.271. The average Bonchev–Trinajstić information content (AvgIpc) is 2.52. The number of aliphatic hydroxyl groups excluding tert-OH is 1. The molecule has 0 aliphatic rings. The van der Waals surface area contributed by atoms with Crippen LogP contribution in [-0.4, -0.2) is 22.6 Å². The number of nitrogens with zero attached hydrogens (tertiary/aromatic N) is 1.